The number of carboxylic acids is 1. The number of amides is 1. The number of carboxylic acid groups (broad SMARTS) is 1. The van der Waals surface area contributed by atoms with E-state index in [4.69, 9.17) is 0 Å². The largest absolute Gasteiger partial charge is 0.478 e. The van der Waals surface area contributed by atoms with Gasteiger partial charge >= 0.3 is 5.97 Å². The molecule has 1 aliphatic heterocycles. The summed E-state index contributed by atoms with van der Waals surface area (Å²) < 4.78 is 2.01. The first kappa shape index (κ1) is 17.8. The van der Waals surface area contributed by atoms with Crippen LogP contribution in [0.15, 0.2) is 24.4 Å². The van der Waals surface area contributed by atoms with Crippen LogP contribution in [0.5, 0.6) is 0 Å². The van der Waals surface area contributed by atoms with Crippen molar-refractivity contribution in [3.8, 4) is 0 Å². The van der Waals surface area contributed by atoms with Gasteiger partial charge in [0, 0.05) is 25.6 Å². The number of benzene rings is 1. The molecular weight excluding hydrogens is 342 g/mol. The van der Waals surface area contributed by atoms with Gasteiger partial charge in [0.05, 0.1) is 23.0 Å². The molecule has 0 spiro atoms. The third-order valence-electron chi connectivity index (χ3n) is 5.37. The zero-order valence-corrected chi connectivity index (χ0v) is 15.8. The van der Waals surface area contributed by atoms with Crippen LogP contribution in [0.3, 0.4) is 0 Å². The summed E-state index contributed by atoms with van der Waals surface area (Å²) in [5.74, 6) is -0.00643. The van der Waals surface area contributed by atoms with Crippen LogP contribution < -0.4 is 0 Å². The van der Waals surface area contributed by atoms with Crippen molar-refractivity contribution in [1.29, 1.82) is 0 Å². The van der Waals surface area contributed by atoms with Crippen molar-refractivity contribution < 1.29 is 14.7 Å². The monoisotopic (exact) mass is 367 g/mol. The van der Waals surface area contributed by atoms with E-state index in [0.29, 0.717) is 24.9 Å². The van der Waals surface area contributed by atoms with Gasteiger partial charge < -0.3 is 10.0 Å². The third-order valence-corrected chi connectivity index (χ3v) is 5.37. The minimum Gasteiger partial charge on any atom is -0.478 e. The number of nitrogens with zero attached hydrogens (tertiary/aromatic N) is 3. The highest BCUT2D eigenvalue weighted by atomic mass is 16.4. The Morgan fingerprint density at radius 2 is 2.04 bits per heavy atom. The molecule has 142 valence electrons. The summed E-state index contributed by atoms with van der Waals surface area (Å²) in [5.41, 5.74) is 4.13. The standard InChI is InChI=1S/C21H25N3O3/c1-13(2)11-24-19(15-4-5-15)18(10-22-24)20(25)23-8-7-14-3-6-16(21(26)27)9-17(14)12-23/h3,6,9-10,13,15H,4-5,7-8,11-12H2,1-2H3,(H,26,27). The maximum absolute atomic E-state index is 13.2. The molecule has 1 N–H and O–H groups in total. The number of hydrogen-bond acceptors (Lipinski definition) is 3. The van der Waals surface area contributed by atoms with Gasteiger partial charge in [-0.3, -0.25) is 9.48 Å². The van der Waals surface area contributed by atoms with Gasteiger partial charge in [-0.2, -0.15) is 5.10 Å². The number of rotatable bonds is 5. The average Bonchev–Trinajstić information content (AvgIpc) is 3.40. The van der Waals surface area contributed by atoms with Gasteiger partial charge in [-0.15, -0.1) is 0 Å². The fraction of sp³-hybridized carbons (Fsp3) is 0.476. The molecule has 0 unspecified atom stereocenters. The van der Waals surface area contributed by atoms with Crippen molar-refractivity contribution in [2.45, 2.75) is 52.1 Å². The van der Waals surface area contributed by atoms with Gasteiger partial charge in [0.25, 0.3) is 5.91 Å². The average molecular weight is 367 g/mol. The van der Waals surface area contributed by atoms with Crippen molar-refractivity contribution in [1.82, 2.24) is 14.7 Å². The molecule has 0 atom stereocenters. The van der Waals surface area contributed by atoms with E-state index in [1.807, 2.05) is 15.6 Å². The lowest BCUT2D eigenvalue weighted by Gasteiger charge is -2.29. The molecule has 0 saturated heterocycles. The fourth-order valence-corrected chi connectivity index (χ4v) is 3.87. The minimum atomic E-state index is -0.938. The van der Waals surface area contributed by atoms with Gasteiger partial charge in [0.2, 0.25) is 0 Å². The van der Waals surface area contributed by atoms with E-state index in [2.05, 4.69) is 18.9 Å². The van der Waals surface area contributed by atoms with Crippen molar-refractivity contribution in [2.24, 2.45) is 5.92 Å². The van der Waals surface area contributed by atoms with E-state index < -0.39 is 5.97 Å². The third kappa shape index (κ3) is 3.48. The van der Waals surface area contributed by atoms with Crippen LogP contribution in [-0.4, -0.2) is 38.2 Å². The zero-order chi connectivity index (χ0) is 19.1. The van der Waals surface area contributed by atoms with Crippen LogP contribution in [0, 0.1) is 5.92 Å². The molecule has 4 rings (SSSR count). The first-order valence-electron chi connectivity index (χ1n) is 9.64. The second kappa shape index (κ2) is 6.83. The Hall–Kier alpha value is -2.63. The maximum Gasteiger partial charge on any atom is 0.335 e. The van der Waals surface area contributed by atoms with Crippen LogP contribution in [0.2, 0.25) is 0 Å². The maximum atomic E-state index is 13.2. The minimum absolute atomic E-state index is 0.0123. The van der Waals surface area contributed by atoms with E-state index >= 15 is 0 Å². The van der Waals surface area contributed by atoms with Gasteiger partial charge in [0.15, 0.2) is 0 Å². The number of fused-ring (bicyclic) bond motifs is 1. The van der Waals surface area contributed by atoms with Gasteiger partial charge in [0.1, 0.15) is 0 Å². The summed E-state index contributed by atoms with van der Waals surface area (Å²) in [5, 5.41) is 13.7. The molecule has 1 aromatic heterocycles. The first-order chi connectivity index (χ1) is 12.9. The molecule has 2 aromatic rings. The molecule has 6 heteroatoms. The molecule has 0 radical (unpaired) electrons. The van der Waals surface area contributed by atoms with Crippen molar-refractivity contribution in [3.05, 3.63) is 52.3 Å². The Bertz CT molecular complexity index is 896. The Kier molecular flexibility index (Phi) is 4.50. The van der Waals surface area contributed by atoms with Crippen molar-refractivity contribution >= 4 is 11.9 Å². The summed E-state index contributed by atoms with van der Waals surface area (Å²) in [7, 11) is 0. The smallest absolute Gasteiger partial charge is 0.335 e. The van der Waals surface area contributed by atoms with Crippen LogP contribution >= 0.6 is 0 Å². The fourth-order valence-electron chi connectivity index (χ4n) is 3.87. The molecule has 1 aromatic carbocycles. The summed E-state index contributed by atoms with van der Waals surface area (Å²) >= 11 is 0. The van der Waals surface area contributed by atoms with E-state index in [0.717, 1.165) is 48.2 Å². The first-order valence-corrected chi connectivity index (χ1v) is 9.64. The number of hydrogen-bond donors (Lipinski definition) is 1. The zero-order valence-electron chi connectivity index (χ0n) is 15.8. The van der Waals surface area contributed by atoms with E-state index in [-0.39, 0.29) is 11.5 Å². The molecule has 1 aliphatic carbocycles. The van der Waals surface area contributed by atoms with E-state index in [1.54, 1.807) is 18.3 Å². The highest BCUT2D eigenvalue weighted by Gasteiger charge is 2.34. The number of aromatic nitrogens is 2. The van der Waals surface area contributed by atoms with Crippen LogP contribution in [0.1, 0.15) is 70.1 Å². The Labute approximate surface area is 158 Å². The van der Waals surface area contributed by atoms with Crippen molar-refractivity contribution in [3.63, 3.8) is 0 Å². The van der Waals surface area contributed by atoms with Crippen LogP contribution in [0.4, 0.5) is 0 Å². The normalized spacial score (nSPS) is 16.5. The molecule has 2 heterocycles. The lowest BCUT2D eigenvalue weighted by molar-refractivity contribution is 0.0696. The summed E-state index contributed by atoms with van der Waals surface area (Å²) in [6, 6.07) is 5.21. The molecule has 0 bridgehead atoms. The lowest BCUT2D eigenvalue weighted by atomic mass is 9.96. The SMILES string of the molecule is CC(C)Cn1ncc(C(=O)N2CCc3ccc(C(=O)O)cc3C2)c1C1CC1. The number of carbonyl (C=O) groups is 2. The topological polar surface area (TPSA) is 75.4 Å². The highest BCUT2D eigenvalue weighted by Crippen LogP contribution is 2.42. The van der Waals surface area contributed by atoms with E-state index in [9.17, 15) is 14.7 Å². The second-order valence-electron chi connectivity index (χ2n) is 8.06. The quantitative estimate of drug-likeness (QED) is 0.880. The molecule has 6 nitrogen and oxygen atoms in total. The molecule has 1 fully saturated rings. The molecule has 1 saturated carbocycles. The highest BCUT2D eigenvalue weighted by molar-refractivity contribution is 5.95. The molecule has 2 aliphatic rings. The second-order valence-corrected chi connectivity index (χ2v) is 8.06. The van der Waals surface area contributed by atoms with Crippen molar-refractivity contribution in [2.75, 3.05) is 6.54 Å². The van der Waals surface area contributed by atoms with Crippen LogP contribution in [0.25, 0.3) is 0 Å². The van der Waals surface area contributed by atoms with Crippen LogP contribution in [-0.2, 0) is 19.5 Å². The predicted octanol–water partition coefficient (Wildman–Crippen LogP) is 3.31. The predicted molar refractivity (Wildman–Crippen MR) is 101 cm³/mol. The Morgan fingerprint density at radius 1 is 1.26 bits per heavy atom. The molecule has 1 amide bonds. The summed E-state index contributed by atoms with van der Waals surface area (Å²) in [6.07, 6.45) is 4.71. The van der Waals surface area contributed by atoms with E-state index in [1.165, 1.54) is 0 Å². The summed E-state index contributed by atoms with van der Waals surface area (Å²) in [6.45, 7) is 6.24. The van der Waals surface area contributed by atoms with Gasteiger partial charge in [-0.05, 0) is 48.4 Å². The Morgan fingerprint density at radius 3 is 2.70 bits per heavy atom. The van der Waals surface area contributed by atoms with Gasteiger partial charge in [-0.1, -0.05) is 19.9 Å². The lowest BCUT2D eigenvalue weighted by Crippen LogP contribution is -2.36. The summed E-state index contributed by atoms with van der Waals surface area (Å²) in [4.78, 5) is 26.3. The van der Waals surface area contributed by atoms with Gasteiger partial charge in [-0.25, -0.2) is 4.79 Å². The molecule has 27 heavy (non-hydrogen) atoms. The number of carbonyl (C=O) groups excluding carboxylic acids is 1. The number of aromatic carboxylic acids is 1. The molecular formula is C21H25N3O3. The Balaban J connectivity index is 1.60.